The largest absolute Gasteiger partial charge is 0.479 e. The maximum Gasteiger partial charge on any atom is 0.191 e. The van der Waals surface area contributed by atoms with E-state index in [1.807, 2.05) is 30.3 Å². The number of benzene rings is 1. The van der Waals surface area contributed by atoms with Gasteiger partial charge in [0.15, 0.2) is 12.6 Å². The molecule has 2 N–H and O–H groups in total. The van der Waals surface area contributed by atoms with Gasteiger partial charge in [-0.15, -0.1) is 0 Å². The summed E-state index contributed by atoms with van der Waals surface area (Å²) >= 11 is 0. The Hall–Kier alpha value is -2.22. The van der Waals surface area contributed by atoms with Crippen molar-refractivity contribution in [3.05, 3.63) is 29.8 Å². The Bertz CT molecular complexity index is 464. The van der Waals surface area contributed by atoms with Gasteiger partial charge in [-0.3, -0.25) is 4.99 Å². The molecule has 1 heterocycles. The molecule has 18 heavy (non-hydrogen) atoms. The molecule has 0 radical (unpaired) electrons. The Balaban J connectivity index is 1.88. The van der Waals surface area contributed by atoms with Crippen LogP contribution in [-0.4, -0.2) is 25.7 Å². The van der Waals surface area contributed by atoms with Crippen LogP contribution in [0.1, 0.15) is 12.0 Å². The van der Waals surface area contributed by atoms with Gasteiger partial charge in [0.2, 0.25) is 0 Å². The zero-order chi connectivity index (χ0) is 12.6. The summed E-state index contributed by atoms with van der Waals surface area (Å²) in [5.74, 6) is 1.57. The van der Waals surface area contributed by atoms with Gasteiger partial charge >= 0.3 is 0 Å². The van der Waals surface area contributed by atoms with E-state index in [0.717, 1.165) is 36.8 Å². The van der Waals surface area contributed by atoms with Gasteiger partial charge in [0.1, 0.15) is 11.8 Å². The van der Waals surface area contributed by atoms with E-state index >= 15 is 0 Å². The predicted octanol–water partition coefficient (Wildman–Crippen LogP) is 1.03. The maximum atomic E-state index is 8.46. The smallest absolute Gasteiger partial charge is 0.191 e. The lowest BCUT2D eigenvalue weighted by molar-refractivity contribution is 0.367. The van der Waals surface area contributed by atoms with Crippen LogP contribution in [0.3, 0.4) is 0 Å². The van der Waals surface area contributed by atoms with Crippen molar-refractivity contribution in [1.82, 2.24) is 10.6 Å². The standard InChI is InChI=1S/C13H16N4O/c14-5-8-18-12-4-1-3-11(9-12)10-17-13-15-6-2-7-16-13/h1,3-4,9H,2,6-8,10H2,(H2,15,16,17). The summed E-state index contributed by atoms with van der Waals surface area (Å²) in [5.41, 5.74) is 1.10. The fourth-order valence-corrected chi connectivity index (χ4v) is 1.70. The normalized spacial score (nSPS) is 14.1. The molecule has 0 unspecified atom stereocenters. The van der Waals surface area contributed by atoms with Crippen molar-refractivity contribution in [1.29, 1.82) is 5.26 Å². The Morgan fingerprint density at radius 3 is 3.22 bits per heavy atom. The zero-order valence-corrected chi connectivity index (χ0v) is 10.1. The quantitative estimate of drug-likeness (QED) is 0.830. The molecule has 0 fully saturated rings. The number of rotatable bonds is 4. The Labute approximate surface area is 106 Å². The summed E-state index contributed by atoms with van der Waals surface area (Å²) in [4.78, 5) is 4.34. The average molecular weight is 244 g/mol. The summed E-state index contributed by atoms with van der Waals surface area (Å²) in [5, 5.41) is 14.9. The van der Waals surface area contributed by atoms with E-state index < -0.39 is 0 Å². The molecular weight excluding hydrogens is 228 g/mol. The number of nitriles is 1. The number of nitrogens with one attached hydrogen (secondary N) is 2. The summed E-state index contributed by atoms with van der Waals surface area (Å²) in [6, 6.07) is 9.65. The van der Waals surface area contributed by atoms with Crippen molar-refractivity contribution in [2.75, 3.05) is 19.7 Å². The number of hydrogen-bond acceptors (Lipinski definition) is 5. The summed E-state index contributed by atoms with van der Waals surface area (Å²) in [7, 11) is 0. The van der Waals surface area contributed by atoms with E-state index in [4.69, 9.17) is 10.00 Å². The zero-order valence-electron chi connectivity index (χ0n) is 10.1. The van der Waals surface area contributed by atoms with Crippen LogP contribution in [0.2, 0.25) is 0 Å². The molecule has 94 valence electrons. The highest BCUT2D eigenvalue weighted by atomic mass is 16.5. The minimum absolute atomic E-state index is 0.0745. The van der Waals surface area contributed by atoms with Gasteiger partial charge in [-0.1, -0.05) is 12.1 Å². The first-order valence-electron chi connectivity index (χ1n) is 5.99. The van der Waals surface area contributed by atoms with Crippen LogP contribution >= 0.6 is 0 Å². The number of guanidine groups is 1. The van der Waals surface area contributed by atoms with E-state index in [2.05, 4.69) is 15.6 Å². The first-order valence-corrected chi connectivity index (χ1v) is 5.99. The molecule has 0 atom stereocenters. The molecular formula is C13H16N4O. The van der Waals surface area contributed by atoms with Gasteiger partial charge in [0, 0.05) is 19.6 Å². The van der Waals surface area contributed by atoms with Crippen molar-refractivity contribution in [2.24, 2.45) is 4.99 Å². The van der Waals surface area contributed by atoms with Crippen molar-refractivity contribution in [3.63, 3.8) is 0 Å². The molecule has 0 aromatic heterocycles. The monoisotopic (exact) mass is 244 g/mol. The van der Waals surface area contributed by atoms with E-state index in [1.54, 1.807) is 0 Å². The fourth-order valence-electron chi connectivity index (χ4n) is 1.70. The second kappa shape index (κ2) is 6.50. The van der Waals surface area contributed by atoms with Crippen LogP contribution in [0.15, 0.2) is 29.3 Å². The third-order valence-electron chi connectivity index (χ3n) is 2.56. The van der Waals surface area contributed by atoms with Gasteiger partial charge in [-0.25, -0.2) is 0 Å². The van der Waals surface area contributed by atoms with Crippen LogP contribution in [-0.2, 0) is 6.54 Å². The van der Waals surface area contributed by atoms with Gasteiger partial charge in [-0.05, 0) is 24.1 Å². The highest BCUT2D eigenvalue weighted by Crippen LogP contribution is 2.12. The van der Waals surface area contributed by atoms with Crippen LogP contribution < -0.4 is 15.4 Å². The molecule has 0 saturated heterocycles. The third-order valence-corrected chi connectivity index (χ3v) is 2.56. The lowest BCUT2D eigenvalue weighted by Crippen LogP contribution is -2.40. The predicted molar refractivity (Wildman–Crippen MR) is 69.3 cm³/mol. The van der Waals surface area contributed by atoms with Crippen molar-refractivity contribution in [3.8, 4) is 11.8 Å². The highest BCUT2D eigenvalue weighted by Gasteiger charge is 2.03. The number of aliphatic imine (C=N–C) groups is 1. The summed E-state index contributed by atoms with van der Waals surface area (Å²) in [6.07, 6.45) is 1.09. The van der Waals surface area contributed by atoms with Gasteiger partial charge in [0.05, 0.1) is 0 Å². The highest BCUT2D eigenvalue weighted by molar-refractivity contribution is 5.80. The van der Waals surface area contributed by atoms with Crippen molar-refractivity contribution < 1.29 is 4.74 Å². The summed E-state index contributed by atoms with van der Waals surface area (Å²) < 4.78 is 5.25. The van der Waals surface area contributed by atoms with Gasteiger partial charge < -0.3 is 15.4 Å². The molecule has 1 aromatic carbocycles. The molecule has 0 saturated carbocycles. The Morgan fingerprint density at radius 2 is 2.44 bits per heavy atom. The second-order valence-electron chi connectivity index (χ2n) is 3.96. The van der Waals surface area contributed by atoms with Crippen molar-refractivity contribution >= 4 is 5.96 Å². The first kappa shape index (κ1) is 12.2. The molecule has 5 heteroatoms. The molecule has 1 aromatic rings. The topological polar surface area (TPSA) is 69.4 Å². The minimum atomic E-state index is 0.0745. The SMILES string of the molecule is N#CCOc1cccc(CNC2=NCCCN2)c1. The minimum Gasteiger partial charge on any atom is -0.479 e. The van der Waals surface area contributed by atoms with Gasteiger partial charge in [0.25, 0.3) is 0 Å². The number of hydrogen-bond donors (Lipinski definition) is 2. The van der Waals surface area contributed by atoms with E-state index in [1.165, 1.54) is 0 Å². The molecule has 0 bridgehead atoms. The second-order valence-corrected chi connectivity index (χ2v) is 3.96. The van der Waals surface area contributed by atoms with Crippen LogP contribution in [0, 0.1) is 11.3 Å². The van der Waals surface area contributed by atoms with E-state index in [0.29, 0.717) is 6.54 Å². The van der Waals surface area contributed by atoms with E-state index in [9.17, 15) is 0 Å². The molecule has 5 nitrogen and oxygen atoms in total. The maximum absolute atomic E-state index is 8.46. The van der Waals surface area contributed by atoms with Crippen LogP contribution in [0.5, 0.6) is 5.75 Å². The van der Waals surface area contributed by atoms with Crippen molar-refractivity contribution in [2.45, 2.75) is 13.0 Å². The molecule has 0 amide bonds. The van der Waals surface area contributed by atoms with Crippen LogP contribution in [0.4, 0.5) is 0 Å². The van der Waals surface area contributed by atoms with E-state index in [-0.39, 0.29) is 6.61 Å². The molecule has 0 spiro atoms. The molecule has 1 aliphatic rings. The molecule has 0 aliphatic carbocycles. The molecule has 2 rings (SSSR count). The fraction of sp³-hybridized carbons (Fsp3) is 0.385. The number of ether oxygens (including phenoxy) is 1. The Morgan fingerprint density at radius 1 is 1.50 bits per heavy atom. The van der Waals surface area contributed by atoms with Crippen LogP contribution in [0.25, 0.3) is 0 Å². The third kappa shape index (κ3) is 3.67. The lowest BCUT2D eigenvalue weighted by atomic mass is 10.2. The summed E-state index contributed by atoms with van der Waals surface area (Å²) in [6.45, 7) is 2.61. The molecule has 1 aliphatic heterocycles. The Kier molecular flexibility index (Phi) is 4.42. The van der Waals surface area contributed by atoms with Gasteiger partial charge in [-0.2, -0.15) is 5.26 Å². The number of nitrogens with zero attached hydrogens (tertiary/aromatic N) is 2. The average Bonchev–Trinajstić information content (AvgIpc) is 2.44. The lowest BCUT2D eigenvalue weighted by Gasteiger charge is -2.16. The first-order chi connectivity index (χ1) is 8.88.